The lowest BCUT2D eigenvalue weighted by Gasteiger charge is -2.39. The molecule has 0 spiro atoms. The van der Waals surface area contributed by atoms with Gasteiger partial charge in [-0.15, -0.1) is 0 Å². The van der Waals surface area contributed by atoms with E-state index in [4.69, 9.17) is 4.74 Å². The van der Waals surface area contributed by atoms with Crippen LogP contribution in [0.25, 0.3) is 0 Å². The van der Waals surface area contributed by atoms with Crippen LogP contribution >= 0.6 is 0 Å². The van der Waals surface area contributed by atoms with Crippen molar-refractivity contribution in [3.63, 3.8) is 0 Å². The second kappa shape index (κ2) is 6.64. The molecule has 2 rings (SSSR count). The predicted octanol–water partition coefficient (Wildman–Crippen LogP) is 2.21. The topological polar surface area (TPSA) is 63.6 Å². The van der Waals surface area contributed by atoms with Gasteiger partial charge in [-0.1, -0.05) is 0 Å². The van der Waals surface area contributed by atoms with E-state index in [1.807, 2.05) is 46.9 Å². The quantitative estimate of drug-likeness (QED) is 0.925. The summed E-state index contributed by atoms with van der Waals surface area (Å²) in [7, 11) is 1.99. The summed E-state index contributed by atoms with van der Waals surface area (Å²) in [4.78, 5) is 25.5. The molecule has 0 saturated carbocycles. The molecule has 1 saturated heterocycles. The lowest BCUT2D eigenvalue weighted by molar-refractivity contribution is -0.123. The summed E-state index contributed by atoms with van der Waals surface area (Å²) in [5.74, 6) is 0.246. The molecule has 1 aliphatic rings. The van der Waals surface area contributed by atoms with Crippen molar-refractivity contribution in [1.82, 2.24) is 14.8 Å². The Labute approximate surface area is 137 Å². The number of hydrogen-bond donors (Lipinski definition) is 1. The van der Waals surface area contributed by atoms with E-state index in [1.54, 1.807) is 4.90 Å². The number of carbonyl (C=O) groups is 2. The fourth-order valence-corrected chi connectivity index (χ4v) is 2.54. The summed E-state index contributed by atoms with van der Waals surface area (Å²) in [6.45, 7) is 9.29. The van der Waals surface area contributed by atoms with Crippen molar-refractivity contribution in [2.75, 3.05) is 13.1 Å². The average molecular weight is 321 g/mol. The minimum atomic E-state index is -0.479. The molecule has 0 unspecified atom stereocenters. The minimum absolute atomic E-state index is 0.0256. The first-order chi connectivity index (χ1) is 10.7. The minimum Gasteiger partial charge on any atom is -0.444 e. The maximum absolute atomic E-state index is 12.0. The van der Waals surface area contributed by atoms with Crippen LogP contribution in [0.4, 0.5) is 4.79 Å². The van der Waals surface area contributed by atoms with E-state index in [2.05, 4.69) is 9.88 Å². The van der Waals surface area contributed by atoms with Crippen molar-refractivity contribution < 1.29 is 14.3 Å². The molecule has 0 aliphatic carbocycles. The van der Waals surface area contributed by atoms with Crippen LogP contribution in [0.2, 0.25) is 0 Å². The molecule has 6 heteroatoms. The average Bonchev–Trinajstić information content (AvgIpc) is 2.69. The number of aromatic nitrogens is 1. The highest BCUT2D eigenvalue weighted by Gasteiger charge is 2.34. The van der Waals surface area contributed by atoms with Gasteiger partial charge < -0.3 is 19.5 Å². The smallest absolute Gasteiger partial charge is 0.410 e. The Balaban J connectivity index is 1.68. The molecule has 0 aromatic carbocycles. The molecule has 2 heterocycles. The number of nitrogens with one attached hydrogen (secondary N) is 1. The number of ether oxygens (including phenoxy) is 1. The third-order valence-corrected chi connectivity index (χ3v) is 4.03. The van der Waals surface area contributed by atoms with E-state index >= 15 is 0 Å². The Kier molecular flexibility index (Phi) is 5.02. The fourth-order valence-electron chi connectivity index (χ4n) is 2.54. The summed E-state index contributed by atoms with van der Waals surface area (Å²) in [6.07, 6.45) is 0.149. The highest BCUT2D eigenvalue weighted by molar-refractivity contribution is 5.77. The van der Waals surface area contributed by atoms with Gasteiger partial charge in [0.15, 0.2) is 0 Å². The molecule has 1 aromatic heterocycles. The van der Waals surface area contributed by atoms with E-state index in [1.165, 1.54) is 5.69 Å². The van der Waals surface area contributed by atoms with Crippen molar-refractivity contribution in [1.29, 1.82) is 0 Å². The van der Waals surface area contributed by atoms with E-state index in [9.17, 15) is 9.59 Å². The standard InChI is InChI=1S/C17H27N3O3/c1-12-6-7-14(19(12)5)9-18-15(21)8-13-10-20(11-13)16(22)23-17(2,3)4/h6-7,13H,8-11H2,1-5H3,(H,18,21). The normalized spacial score (nSPS) is 15.3. The maximum atomic E-state index is 12.0. The first-order valence-corrected chi connectivity index (χ1v) is 8.01. The fraction of sp³-hybridized carbons (Fsp3) is 0.647. The molecule has 1 aliphatic heterocycles. The van der Waals surface area contributed by atoms with Gasteiger partial charge in [0.2, 0.25) is 5.91 Å². The molecule has 0 bridgehead atoms. The first kappa shape index (κ1) is 17.4. The molecule has 0 radical (unpaired) electrons. The zero-order valence-electron chi connectivity index (χ0n) is 14.7. The van der Waals surface area contributed by atoms with Gasteiger partial charge in [0.1, 0.15) is 5.60 Å². The predicted molar refractivity (Wildman–Crippen MR) is 87.9 cm³/mol. The van der Waals surface area contributed by atoms with Crippen LogP contribution in [0, 0.1) is 12.8 Å². The Morgan fingerprint density at radius 1 is 1.30 bits per heavy atom. The largest absolute Gasteiger partial charge is 0.444 e. The van der Waals surface area contributed by atoms with Crippen LogP contribution in [0.3, 0.4) is 0 Å². The van der Waals surface area contributed by atoms with Crippen molar-refractivity contribution in [3.8, 4) is 0 Å². The molecular formula is C17H27N3O3. The van der Waals surface area contributed by atoms with Gasteiger partial charge >= 0.3 is 6.09 Å². The Bertz CT molecular complexity index is 580. The highest BCUT2D eigenvalue weighted by Crippen LogP contribution is 2.22. The van der Waals surface area contributed by atoms with Gasteiger partial charge in [0.25, 0.3) is 0 Å². The van der Waals surface area contributed by atoms with Crippen LogP contribution in [-0.2, 0) is 23.1 Å². The molecule has 0 atom stereocenters. The van der Waals surface area contributed by atoms with Crippen LogP contribution in [-0.4, -0.2) is 40.2 Å². The van der Waals surface area contributed by atoms with E-state index in [-0.39, 0.29) is 17.9 Å². The van der Waals surface area contributed by atoms with Crippen molar-refractivity contribution in [2.24, 2.45) is 13.0 Å². The van der Waals surface area contributed by atoms with Gasteiger partial charge in [-0.25, -0.2) is 4.79 Å². The van der Waals surface area contributed by atoms with E-state index < -0.39 is 5.60 Å². The van der Waals surface area contributed by atoms with Crippen molar-refractivity contribution in [2.45, 2.75) is 46.3 Å². The number of aryl methyl sites for hydroxylation is 1. The SMILES string of the molecule is Cc1ccc(CNC(=O)CC2CN(C(=O)OC(C)(C)C)C2)n1C. The lowest BCUT2D eigenvalue weighted by Crippen LogP contribution is -2.52. The summed E-state index contributed by atoms with van der Waals surface area (Å²) >= 11 is 0. The maximum Gasteiger partial charge on any atom is 0.410 e. The Hall–Kier alpha value is -1.98. The summed E-state index contributed by atoms with van der Waals surface area (Å²) in [5, 5.41) is 2.94. The zero-order valence-corrected chi connectivity index (χ0v) is 14.7. The number of carbonyl (C=O) groups excluding carboxylic acids is 2. The van der Waals surface area contributed by atoms with Crippen LogP contribution < -0.4 is 5.32 Å². The van der Waals surface area contributed by atoms with Crippen molar-refractivity contribution >= 4 is 12.0 Å². The molecule has 2 amide bonds. The number of nitrogens with zero attached hydrogens (tertiary/aromatic N) is 2. The molecule has 23 heavy (non-hydrogen) atoms. The first-order valence-electron chi connectivity index (χ1n) is 8.01. The van der Waals surface area contributed by atoms with Crippen LogP contribution in [0.1, 0.15) is 38.6 Å². The third kappa shape index (κ3) is 4.74. The van der Waals surface area contributed by atoms with Gasteiger partial charge in [0, 0.05) is 43.9 Å². The molecule has 1 fully saturated rings. The number of rotatable bonds is 4. The van der Waals surface area contributed by atoms with Crippen molar-refractivity contribution in [3.05, 3.63) is 23.5 Å². The lowest BCUT2D eigenvalue weighted by atomic mass is 9.96. The molecule has 128 valence electrons. The zero-order chi connectivity index (χ0) is 17.2. The van der Waals surface area contributed by atoms with E-state index in [0.29, 0.717) is 26.1 Å². The third-order valence-electron chi connectivity index (χ3n) is 4.03. The van der Waals surface area contributed by atoms with Gasteiger partial charge in [-0.05, 0) is 39.8 Å². The second-order valence-corrected chi connectivity index (χ2v) is 7.26. The molecule has 1 N–H and O–H groups in total. The molecule has 6 nitrogen and oxygen atoms in total. The van der Waals surface area contributed by atoms with Crippen LogP contribution in [0.15, 0.2) is 12.1 Å². The number of likely N-dealkylation sites (tertiary alicyclic amines) is 1. The summed E-state index contributed by atoms with van der Waals surface area (Å²) in [6, 6.07) is 4.05. The Morgan fingerprint density at radius 3 is 2.48 bits per heavy atom. The molecular weight excluding hydrogens is 294 g/mol. The van der Waals surface area contributed by atoms with Crippen LogP contribution in [0.5, 0.6) is 0 Å². The van der Waals surface area contributed by atoms with Gasteiger partial charge in [0.05, 0.1) is 6.54 Å². The Morgan fingerprint density at radius 2 is 1.96 bits per heavy atom. The summed E-state index contributed by atoms with van der Waals surface area (Å²) < 4.78 is 7.36. The highest BCUT2D eigenvalue weighted by atomic mass is 16.6. The second-order valence-electron chi connectivity index (χ2n) is 7.26. The monoisotopic (exact) mass is 321 g/mol. The van der Waals surface area contributed by atoms with Gasteiger partial charge in [-0.2, -0.15) is 0 Å². The van der Waals surface area contributed by atoms with Gasteiger partial charge in [-0.3, -0.25) is 4.79 Å². The van der Waals surface area contributed by atoms with E-state index in [0.717, 1.165) is 5.69 Å². The number of hydrogen-bond acceptors (Lipinski definition) is 3. The summed E-state index contributed by atoms with van der Waals surface area (Å²) in [5.41, 5.74) is 1.77. The number of amides is 2. The molecule has 1 aromatic rings.